The normalized spacial score (nSPS) is 18.5. The largest absolute Gasteiger partial charge is 0.325 e. The van der Waals surface area contributed by atoms with Gasteiger partial charge in [0.2, 0.25) is 5.91 Å². The van der Waals surface area contributed by atoms with Crippen LogP contribution in [0.2, 0.25) is 0 Å². The third kappa shape index (κ3) is 4.32. The Morgan fingerprint density at radius 3 is 2.34 bits per heavy atom. The minimum absolute atomic E-state index is 0.00168. The number of hydrogen-bond acceptors (Lipinski definition) is 5. The first-order valence-corrected chi connectivity index (χ1v) is 10.1. The highest BCUT2D eigenvalue weighted by Crippen LogP contribution is 2.31. The molecule has 32 heavy (non-hydrogen) atoms. The molecule has 3 rings (SSSR count). The van der Waals surface area contributed by atoms with Crippen LogP contribution in [0.15, 0.2) is 42.5 Å². The van der Waals surface area contributed by atoms with Gasteiger partial charge in [-0.15, -0.1) is 0 Å². The van der Waals surface area contributed by atoms with Crippen LogP contribution in [0.1, 0.15) is 44.4 Å². The summed E-state index contributed by atoms with van der Waals surface area (Å²) in [6.07, 6.45) is 0. The molecule has 1 atom stereocenters. The van der Waals surface area contributed by atoms with E-state index in [1.807, 2.05) is 12.1 Å². The van der Waals surface area contributed by atoms with E-state index in [9.17, 15) is 24.5 Å². The summed E-state index contributed by atoms with van der Waals surface area (Å²) in [5.41, 5.74) is 0.697. The van der Waals surface area contributed by atoms with Gasteiger partial charge >= 0.3 is 6.03 Å². The van der Waals surface area contributed by atoms with E-state index >= 15 is 0 Å². The number of imide groups is 1. The molecule has 4 amide bonds. The van der Waals surface area contributed by atoms with E-state index in [-0.39, 0.29) is 16.8 Å². The minimum Gasteiger partial charge on any atom is -0.319 e. The fourth-order valence-corrected chi connectivity index (χ4v) is 3.57. The fourth-order valence-electron chi connectivity index (χ4n) is 3.57. The lowest BCUT2D eigenvalue weighted by atomic mass is 9.84. The Hall–Kier alpha value is -3.75. The Balaban J connectivity index is 1.78. The van der Waals surface area contributed by atoms with Crippen LogP contribution in [-0.4, -0.2) is 34.2 Å². The first-order valence-electron chi connectivity index (χ1n) is 10.1. The molecular formula is C23H26N4O5. The molecule has 0 aliphatic carbocycles. The predicted molar refractivity (Wildman–Crippen MR) is 119 cm³/mol. The molecule has 1 aliphatic rings. The van der Waals surface area contributed by atoms with Crippen molar-refractivity contribution in [3.05, 3.63) is 69.3 Å². The van der Waals surface area contributed by atoms with E-state index in [1.54, 1.807) is 32.0 Å². The zero-order chi connectivity index (χ0) is 23.8. The molecule has 0 unspecified atom stereocenters. The molecule has 1 aliphatic heterocycles. The molecule has 0 aromatic heterocycles. The summed E-state index contributed by atoms with van der Waals surface area (Å²) in [6.45, 7) is 8.94. The predicted octanol–water partition coefficient (Wildman–Crippen LogP) is 3.61. The summed E-state index contributed by atoms with van der Waals surface area (Å²) in [5.74, 6) is -1.28. The van der Waals surface area contributed by atoms with Crippen molar-refractivity contribution in [3.63, 3.8) is 0 Å². The maximum Gasteiger partial charge on any atom is 0.325 e. The molecule has 1 saturated heterocycles. The fraction of sp³-hybridized carbons (Fsp3) is 0.348. The summed E-state index contributed by atoms with van der Waals surface area (Å²) in [4.78, 5) is 49.6. The number of nitrogens with one attached hydrogen (secondary N) is 2. The Morgan fingerprint density at radius 1 is 1.16 bits per heavy atom. The number of nitro groups is 1. The highest BCUT2D eigenvalue weighted by atomic mass is 16.6. The molecule has 9 heteroatoms. The van der Waals surface area contributed by atoms with Gasteiger partial charge in [0, 0.05) is 6.07 Å². The van der Waals surface area contributed by atoms with Crippen molar-refractivity contribution in [2.45, 2.75) is 45.6 Å². The highest BCUT2D eigenvalue weighted by Gasteiger charge is 2.49. The number of rotatable bonds is 5. The van der Waals surface area contributed by atoms with Crippen molar-refractivity contribution < 1.29 is 19.3 Å². The van der Waals surface area contributed by atoms with Gasteiger partial charge in [-0.2, -0.15) is 0 Å². The summed E-state index contributed by atoms with van der Waals surface area (Å²) < 4.78 is 0. The number of anilines is 1. The van der Waals surface area contributed by atoms with Crippen LogP contribution in [0.3, 0.4) is 0 Å². The van der Waals surface area contributed by atoms with E-state index in [2.05, 4.69) is 31.4 Å². The third-order valence-electron chi connectivity index (χ3n) is 5.53. The maximum atomic E-state index is 13.1. The van der Waals surface area contributed by atoms with Crippen molar-refractivity contribution >= 4 is 29.2 Å². The average Bonchev–Trinajstić information content (AvgIpc) is 2.92. The van der Waals surface area contributed by atoms with E-state index in [0.717, 1.165) is 10.5 Å². The molecule has 0 bridgehead atoms. The van der Waals surface area contributed by atoms with E-state index in [0.29, 0.717) is 11.1 Å². The smallest absolute Gasteiger partial charge is 0.319 e. The number of carbonyl (C=O) groups excluding carboxylic acids is 3. The Labute approximate surface area is 185 Å². The number of benzene rings is 2. The van der Waals surface area contributed by atoms with Gasteiger partial charge in [0.05, 0.1) is 4.92 Å². The zero-order valence-electron chi connectivity index (χ0n) is 18.7. The van der Waals surface area contributed by atoms with E-state index in [4.69, 9.17) is 0 Å². The van der Waals surface area contributed by atoms with Gasteiger partial charge in [-0.05, 0) is 42.0 Å². The third-order valence-corrected chi connectivity index (χ3v) is 5.53. The Bertz CT molecular complexity index is 1100. The molecule has 0 saturated carbocycles. The second-order valence-electron chi connectivity index (χ2n) is 9.10. The van der Waals surface area contributed by atoms with Gasteiger partial charge < -0.3 is 10.6 Å². The number of urea groups is 1. The number of aryl methyl sites for hydroxylation is 1. The SMILES string of the molecule is Cc1ccc(NC(=O)CN2C(=O)N[C@@](C)(c3ccc(C(C)(C)C)cc3)C2=O)c([N+](=O)[O-])c1. The average molecular weight is 438 g/mol. The van der Waals surface area contributed by atoms with Crippen molar-refractivity contribution in [3.8, 4) is 0 Å². The standard InChI is InChI=1S/C23H26N4O5/c1-14-6-11-17(18(12-14)27(31)32)24-19(28)13-26-20(29)23(5,25-21(26)30)16-9-7-15(8-10-16)22(2,3)4/h6-12H,13H2,1-5H3,(H,24,28)(H,25,30)/t23-/m0/s1. The van der Waals surface area contributed by atoms with Crippen molar-refractivity contribution in [2.75, 3.05) is 11.9 Å². The summed E-state index contributed by atoms with van der Waals surface area (Å²) >= 11 is 0. The molecular weight excluding hydrogens is 412 g/mol. The van der Waals surface area contributed by atoms with E-state index < -0.39 is 34.9 Å². The van der Waals surface area contributed by atoms with Crippen LogP contribution in [-0.2, 0) is 20.5 Å². The molecule has 9 nitrogen and oxygen atoms in total. The summed E-state index contributed by atoms with van der Waals surface area (Å²) in [7, 11) is 0. The lowest BCUT2D eigenvalue weighted by molar-refractivity contribution is -0.384. The van der Waals surface area contributed by atoms with Crippen LogP contribution in [0, 0.1) is 17.0 Å². The number of amides is 4. The summed E-state index contributed by atoms with van der Waals surface area (Å²) in [5, 5.41) is 16.3. The van der Waals surface area contributed by atoms with Gasteiger partial charge in [-0.25, -0.2) is 4.79 Å². The molecule has 0 radical (unpaired) electrons. The zero-order valence-corrected chi connectivity index (χ0v) is 18.7. The Kier molecular flexibility index (Phi) is 5.78. The molecule has 168 valence electrons. The lowest BCUT2D eigenvalue weighted by Gasteiger charge is -2.24. The Morgan fingerprint density at radius 2 is 1.78 bits per heavy atom. The van der Waals surface area contributed by atoms with Crippen molar-refractivity contribution in [1.29, 1.82) is 0 Å². The number of hydrogen-bond donors (Lipinski definition) is 2. The molecule has 0 spiro atoms. The first-order chi connectivity index (χ1) is 14.8. The molecule has 2 aromatic carbocycles. The van der Waals surface area contributed by atoms with Gasteiger partial charge in [-0.1, -0.05) is 51.1 Å². The monoisotopic (exact) mass is 438 g/mol. The molecule has 2 aromatic rings. The van der Waals surface area contributed by atoms with Crippen molar-refractivity contribution in [2.24, 2.45) is 0 Å². The number of nitro benzene ring substituents is 1. The van der Waals surface area contributed by atoms with Crippen LogP contribution in [0.4, 0.5) is 16.2 Å². The van der Waals surface area contributed by atoms with Crippen LogP contribution in [0.25, 0.3) is 0 Å². The highest BCUT2D eigenvalue weighted by molar-refractivity contribution is 6.10. The first kappa shape index (κ1) is 22.9. The second kappa shape index (κ2) is 8.07. The molecule has 1 fully saturated rings. The second-order valence-corrected chi connectivity index (χ2v) is 9.10. The topological polar surface area (TPSA) is 122 Å². The molecule has 2 N–H and O–H groups in total. The van der Waals surface area contributed by atoms with Gasteiger partial charge in [0.15, 0.2) is 0 Å². The van der Waals surface area contributed by atoms with Crippen molar-refractivity contribution in [1.82, 2.24) is 10.2 Å². The van der Waals surface area contributed by atoms with Crippen LogP contribution in [0.5, 0.6) is 0 Å². The number of carbonyl (C=O) groups is 3. The van der Waals surface area contributed by atoms with Crippen LogP contribution >= 0.6 is 0 Å². The van der Waals surface area contributed by atoms with Crippen LogP contribution < -0.4 is 10.6 Å². The maximum absolute atomic E-state index is 13.1. The number of nitrogens with zero attached hydrogens (tertiary/aromatic N) is 2. The lowest BCUT2D eigenvalue weighted by Crippen LogP contribution is -2.42. The summed E-state index contributed by atoms with van der Waals surface area (Å²) in [6, 6.07) is 11.1. The minimum atomic E-state index is -1.32. The van der Waals surface area contributed by atoms with Gasteiger partial charge in [0.25, 0.3) is 11.6 Å². The molecule has 1 heterocycles. The quantitative estimate of drug-likeness (QED) is 0.420. The van der Waals surface area contributed by atoms with Gasteiger partial charge in [-0.3, -0.25) is 24.6 Å². The van der Waals surface area contributed by atoms with E-state index in [1.165, 1.54) is 12.1 Å². The van der Waals surface area contributed by atoms with Gasteiger partial charge in [0.1, 0.15) is 17.8 Å².